The third-order valence-corrected chi connectivity index (χ3v) is 4.71. The molecule has 0 aliphatic heterocycles. The second-order valence-corrected chi connectivity index (χ2v) is 6.75. The van der Waals surface area contributed by atoms with Crippen LogP contribution in [0.1, 0.15) is 46.0 Å². The summed E-state index contributed by atoms with van der Waals surface area (Å²) in [5.74, 6) is 1.03. The van der Waals surface area contributed by atoms with E-state index in [0.29, 0.717) is 29.0 Å². The molecule has 1 fully saturated rings. The third kappa shape index (κ3) is 4.39. The van der Waals surface area contributed by atoms with Crippen LogP contribution in [0, 0.1) is 5.92 Å². The summed E-state index contributed by atoms with van der Waals surface area (Å²) in [7, 11) is 1.62. The largest absolute Gasteiger partial charge is 0.492 e. The number of hydrogen-bond acceptors (Lipinski definition) is 3. The molecule has 0 unspecified atom stereocenters. The maximum Gasteiger partial charge on any atom is 0.256 e. The minimum absolute atomic E-state index is 0.0927. The van der Waals surface area contributed by atoms with E-state index < -0.39 is 5.60 Å². The van der Waals surface area contributed by atoms with E-state index in [1.807, 2.05) is 13.0 Å². The van der Waals surface area contributed by atoms with E-state index in [9.17, 15) is 4.79 Å². The van der Waals surface area contributed by atoms with Crippen molar-refractivity contribution in [2.75, 3.05) is 19.0 Å². The number of anilines is 1. The molecule has 128 valence electrons. The predicted molar refractivity (Wildman–Crippen MR) is 93.2 cm³/mol. The first-order chi connectivity index (χ1) is 11.0. The molecule has 0 radical (unpaired) electrons. The first-order valence-corrected chi connectivity index (χ1v) is 8.67. The highest BCUT2D eigenvalue weighted by molar-refractivity contribution is 6.32. The van der Waals surface area contributed by atoms with Crippen molar-refractivity contribution in [3.63, 3.8) is 0 Å². The smallest absolute Gasteiger partial charge is 0.256 e. The van der Waals surface area contributed by atoms with Crippen LogP contribution >= 0.6 is 11.6 Å². The summed E-state index contributed by atoms with van der Waals surface area (Å²) in [4.78, 5) is 12.7. The van der Waals surface area contributed by atoms with E-state index in [0.717, 1.165) is 32.1 Å². The van der Waals surface area contributed by atoms with E-state index in [-0.39, 0.29) is 5.91 Å². The second-order valence-electron chi connectivity index (χ2n) is 6.35. The molecule has 1 aromatic carbocycles. The topological polar surface area (TPSA) is 47.6 Å². The average Bonchev–Trinajstić information content (AvgIpc) is 2.54. The molecule has 0 aromatic heterocycles. The molecular weight excluding hydrogens is 314 g/mol. The highest BCUT2D eigenvalue weighted by atomic mass is 35.5. The number of carbonyl (C=O) groups excluding carboxylic acids is 1. The summed E-state index contributed by atoms with van der Waals surface area (Å²) in [6.07, 6.45) is 4.58. The van der Waals surface area contributed by atoms with E-state index in [1.165, 1.54) is 0 Å². The Kier molecular flexibility index (Phi) is 6.31. The van der Waals surface area contributed by atoms with Gasteiger partial charge < -0.3 is 14.8 Å². The van der Waals surface area contributed by atoms with Gasteiger partial charge in [0, 0.05) is 12.8 Å². The summed E-state index contributed by atoms with van der Waals surface area (Å²) in [6, 6.07) is 5.32. The van der Waals surface area contributed by atoms with E-state index in [2.05, 4.69) is 12.2 Å². The highest BCUT2D eigenvalue weighted by Gasteiger charge is 2.42. The van der Waals surface area contributed by atoms with Gasteiger partial charge in [-0.3, -0.25) is 4.79 Å². The molecule has 2 rings (SSSR count). The number of amides is 1. The normalized spacial score (nSPS) is 24.3. The number of hydrogen-bond donors (Lipinski definition) is 1. The minimum atomic E-state index is -0.735. The van der Waals surface area contributed by atoms with Crippen LogP contribution in [0.25, 0.3) is 0 Å². The van der Waals surface area contributed by atoms with Crippen LogP contribution in [-0.2, 0) is 9.53 Å². The molecule has 4 nitrogen and oxygen atoms in total. The molecule has 0 heterocycles. The van der Waals surface area contributed by atoms with Crippen LogP contribution in [0.15, 0.2) is 18.2 Å². The third-order valence-electron chi connectivity index (χ3n) is 4.41. The SMILES string of the molecule is CCCOc1ccc(NC(=O)[C@]2(OC)CCC[C@@H](C)C2)cc1Cl. The number of halogens is 1. The van der Waals surface area contributed by atoms with Crippen molar-refractivity contribution in [2.45, 2.75) is 51.6 Å². The molecule has 0 saturated heterocycles. The van der Waals surface area contributed by atoms with Gasteiger partial charge in [-0.15, -0.1) is 0 Å². The van der Waals surface area contributed by atoms with Gasteiger partial charge in [0.15, 0.2) is 0 Å². The Morgan fingerprint density at radius 1 is 1.48 bits per heavy atom. The van der Waals surface area contributed by atoms with E-state index >= 15 is 0 Å². The summed E-state index contributed by atoms with van der Waals surface area (Å²) >= 11 is 6.22. The number of nitrogens with one attached hydrogen (secondary N) is 1. The molecule has 1 aliphatic carbocycles. The van der Waals surface area contributed by atoms with Gasteiger partial charge in [-0.1, -0.05) is 31.9 Å². The zero-order valence-corrected chi connectivity index (χ0v) is 14.9. The van der Waals surface area contributed by atoms with Gasteiger partial charge in [0.05, 0.1) is 11.6 Å². The summed E-state index contributed by atoms with van der Waals surface area (Å²) in [5.41, 5.74) is -0.0693. The molecule has 1 aliphatic rings. The molecule has 1 amide bonds. The first kappa shape index (κ1) is 18.1. The average molecular weight is 340 g/mol. The number of carbonyl (C=O) groups is 1. The van der Waals surface area contributed by atoms with Gasteiger partial charge in [0.2, 0.25) is 0 Å². The second kappa shape index (κ2) is 8.02. The lowest BCUT2D eigenvalue weighted by Crippen LogP contribution is -2.47. The van der Waals surface area contributed by atoms with E-state index in [1.54, 1.807) is 19.2 Å². The molecular formula is C18H26ClNO3. The van der Waals surface area contributed by atoms with Gasteiger partial charge in [-0.05, 0) is 49.8 Å². The predicted octanol–water partition coefficient (Wildman–Crippen LogP) is 4.66. The van der Waals surface area contributed by atoms with Gasteiger partial charge in [0.1, 0.15) is 11.4 Å². The lowest BCUT2D eigenvalue weighted by molar-refractivity contribution is -0.143. The van der Waals surface area contributed by atoms with Crippen LogP contribution in [0.4, 0.5) is 5.69 Å². The molecule has 1 saturated carbocycles. The molecule has 1 aromatic rings. The first-order valence-electron chi connectivity index (χ1n) is 8.29. The van der Waals surface area contributed by atoms with Crippen molar-refractivity contribution in [3.05, 3.63) is 23.2 Å². The summed E-state index contributed by atoms with van der Waals surface area (Å²) in [5, 5.41) is 3.44. The number of rotatable bonds is 6. The van der Waals surface area contributed by atoms with Crippen molar-refractivity contribution in [1.82, 2.24) is 0 Å². The fourth-order valence-electron chi connectivity index (χ4n) is 3.14. The monoisotopic (exact) mass is 339 g/mol. The molecule has 1 N–H and O–H groups in total. The fourth-order valence-corrected chi connectivity index (χ4v) is 3.38. The van der Waals surface area contributed by atoms with Crippen LogP contribution in [0.5, 0.6) is 5.75 Å². The van der Waals surface area contributed by atoms with Crippen molar-refractivity contribution in [1.29, 1.82) is 0 Å². The number of benzene rings is 1. The Balaban J connectivity index is 2.08. The Hall–Kier alpha value is -1.26. The van der Waals surface area contributed by atoms with Crippen LogP contribution in [0.3, 0.4) is 0 Å². The molecule has 2 atom stereocenters. The van der Waals surface area contributed by atoms with Crippen LogP contribution in [0.2, 0.25) is 5.02 Å². The van der Waals surface area contributed by atoms with Gasteiger partial charge in [-0.25, -0.2) is 0 Å². The quantitative estimate of drug-likeness (QED) is 0.819. The molecule has 0 bridgehead atoms. The summed E-state index contributed by atoms with van der Waals surface area (Å²) in [6.45, 7) is 4.82. The van der Waals surface area contributed by atoms with Crippen LogP contribution in [-0.4, -0.2) is 25.2 Å². The Bertz CT molecular complexity index is 549. The summed E-state index contributed by atoms with van der Waals surface area (Å²) < 4.78 is 11.2. The Labute approximate surface area is 143 Å². The Morgan fingerprint density at radius 2 is 2.26 bits per heavy atom. The van der Waals surface area contributed by atoms with Gasteiger partial charge >= 0.3 is 0 Å². The van der Waals surface area contributed by atoms with Gasteiger partial charge in [0.25, 0.3) is 5.91 Å². The number of ether oxygens (including phenoxy) is 2. The lowest BCUT2D eigenvalue weighted by Gasteiger charge is -2.37. The zero-order valence-electron chi connectivity index (χ0n) is 14.2. The fraction of sp³-hybridized carbons (Fsp3) is 0.611. The van der Waals surface area contributed by atoms with Crippen LogP contribution < -0.4 is 10.1 Å². The van der Waals surface area contributed by atoms with Crippen molar-refractivity contribution >= 4 is 23.2 Å². The molecule has 0 spiro atoms. The maximum absolute atomic E-state index is 12.7. The molecule has 5 heteroatoms. The highest BCUT2D eigenvalue weighted by Crippen LogP contribution is 2.36. The van der Waals surface area contributed by atoms with Gasteiger partial charge in [-0.2, -0.15) is 0 Å². The zero-order chi connectivity index (χ0) is 16.9. The Morgan fingerprint density at radius 3 is 2.87 bits per heavy atom. The minimum Gasteiger partial charge on any atom is -0.492 e. The lowest BCUT2D eigenvalue weighted by atomic mass is 9.78. The van der Waals surface area contributed by atoms with Crippen molar-refractivity contribution in [3.8, 4) is 5.75 Å². The standard InChI is InChI=1S/C18H26ClNO3/c1-4-10-23-16-8-7-14(11-15(16)19)20-17(21)18(22-3)9-5-6-13(2)12-18/h7-8,11,13H,4-6,9-10,12H2,1-3H3,(H,20,21)/t13-,18+/m1/s1. The maximum atomic E-state index is 12.7. The number of methoxy groups -OCH3 is 1. The molecule has 23 heavy (non-hydrogen) atoms. The van der Waals surface area contributed by atoms with E-state index in [4.69, 9.17) is 21.1 Å². The van der Waals surface area contributed by atoms with Crippen molar-refractivity contribution in [2.24, 2.45) is 5.92 Å². The van der Waals surface area contributed by atoms with Crippen molar-refractivity contribution < 1.29 is 14.3 Å².